The molecule has 22 heavy (non-hydrogen) atoms. The van der Waals surface area contributed by atoms with Gasteiger partial charge in [0.15, 0.2) is 0 Å². The number of carbonyl (C=O) groups excluding carboxylic acids is 1. The normalized spacial score (nSPS) is 10.5. The van der Waals surface area contributed by atoms with Crippen LogP contribution >= 0.6 is 11.3 Å². The number of aryl methyl sites for hydroxylation is 1. The van der Waals surface area contributed by atoms with Crippen molar-refractivity contribution in [1.82, 2.24) is 9.47 Å². The summed E-state index contributed by atoms with van der Waals surface area (Å²) in [5.74, 6) is 0.0645. The van der Waals surface area contributed by atoms with E-state index in [4.69, 9.17) is 4.74 Å². The number of hydrogen-bond acceptors (Lipinski definition) is 4. The number of likely N-dealkylation sites (N-methyl/N-ethyl adjacent to an activating group) is 1. The standard InChI is InChI=1S/C15H17FN2O3S/c1-11-10-22-15(20)18(11)9-14(19)17(2)7-8-21-13-5-3-12(16)4-6-13/h3-6,10H,7-9H2,1-2H3. The minimum Gasteiger partial charge on any atom is -0.492 e. The molecule has 0 aliphatic rings. The van der Waals surface area contributed by atoms with E-state index in [0.717, 1.165) is 17.0 Å². The number of aromatic nitrogens is 1. The summed E-state index contributed by atoms with van der Waals surface area (Å²) in [5, 5.41) is 1.73. The second-order valence-electron chi connectivity index (χ2n) is 4.85. The SMILES string of the molecule is Cc1csc(=O)n1CC(=O)N(C)CCOc1ccc(F)cc1. The molecule has 5 nitrogen and oxygen atoms in total. The van der Waals surface area contributed by atoms with Crippen molar-refractivity contribution < 1.29 is 13.9 Å². The second kappa shape index (κ2) is 7.22. The summed E-state index contributed by atoms with van der Waals surface area (Å²) in [6.07, 6.45) is 0. The molecule has 0 fully saturated rings. The smallest absolute Gasteiger partial charge is 0.307 e. The summed E-state index contributed by atoms with van der Waals surface area (Å²) in [6.45, 7) is 2.50. The van der Waals surface area contributed by atoms with E-state index in [-0.39, 0.29) is 23.1 Å². The molecule has 0 bridgehead atoms. The minimum absolute atomic E-state index is 0.0290. The van der Waals surface area contributed by atoms with E-state index < -0.39 is 0 Å². The Kier molecular flexibility index (Phi) is 5.32. The molecule has 1 amide bonds. The highest BCUT2D eigenvalue weighted by Gasteiger charge is 2.12. The Morgan fingerprint density at radius 2 is 2.05 bits per heavy atom. The fraction of sp³-hybridized carbons (Fsp3) is 0.333. The predicted molar refractivity (Wildman–Crippen MR) is 82.8 cm³/mol. The van der Waals surface area contributed by atoms with Gasteiger partial charge in [0, 0.05) is 18.1 Å². The quantitative estimate of drug-likeness (QED) is 0.815. The molecule has 0 unspecified atom stereocenters. The Hall–Kier alpha value is -2.15. The fourth-order valence-electron chi connectivity index (χ4n) is 1.81. The Morgan fingerprint density at radius 3 is 2.64 bits per heavy atom. The van der Waals surface area contributed by atoms with E-state index in [0.29, 0.717) is 18.9 Å². The van der Waals surface area contributed by atoms with Crippen molar-refractivity contribution in [2.24, 2.45) is 0 Å². The summed E-state index contributed by atoms with van der Waals surface area (Å²) in [4.78, 5) is 25.0. The first-order valence-electron chi connectivity index (χ1n) is 6.74. The second-order valence-corrected chi connectivity index (χ2v) is 5.67. The summed E-state index contributed by atoms with van der Waals surface area (Å²) in [6, 6.07) is 5.70. The number of rotatable bonds is 6. The van der Waals surface area contributed by atoms with Crippen molar-refractivity contribution in [1.29, 1.82) is 0 Å². The maximum absolute atomic E-state index is 12.8. The summed E-state index contributed by atoms with van der Waals surface area (Å²) < 4.78 is 19.6. The van der Waals surface area contributed by atoms with Crippen molar-refractivity contribution >= 4 is 17.2 Å². The third-order valence-corrected chi connectivity index (χ3v) is 4.09. The predicted octanol–water partition coefficient (Wildman–Crippen LogP) is 1.89. The maximum Gasteiger partial charge on any atom is 0.307 e. The summed E-state index contributed by atoms with van der Waals surface area (Å²) in [7, 11) is 1.66. The van der Waals surface area contributed by atoms with Gasteiger partial charge in [-0.25, -0.2) is 4.39 Å². The zero-order chi connectivity index (χ0) is 16.1. The number of halogens is 1. The molecule has 0 spiro atoms. The number of hydrogen-bond donors (Lipinski definition) is 0. The summed E-state index contributed by atoms with van der Waals surface area (Å²) in [5.41, 5.74) is 0.777. The van der Waals surface area contributed by atoms with E-state index in [2.05, 4.69) is 0 Å². The van der Waals surface area contributed by atoms with Gasteiger partial charge in [0.1, 0.15) is 24.7 Å². The monoisotopic (exact) mass is 324 g/mol. The van der Waals surface area contributed by atoms with Gasteiger partial charge < -0.3 is 9.64 Å². The van der Waals surface area contributed by atoms with Crippen LogP contribution in [0.1, 0.15) is 5.69 Å². The van der Waals surface area contributed by atoms with Gasteiger partial charge in [0.2, 0.25) is 5.91 Å². The fourth-order valence-corrected chi connectivity index (χ4v) is 2.54. The molecule has 0 N–H and O–H groups in total. The molecule has 0 saturated heterocycles. The first kappa shape index (κ1) is 16.2. The van der Waals surface area contributed by atoms with Crippen LogP contribution < -0.4 is 9.61 Å². The zero-order valence-electron chi connectivity index (χ0n) is 12.4. The van der Waals surface area contributed by atoms with Gasteiger partial charge in [-0.3, -0.25) is 14.2 Å². The average Bonchev–Trinajstić information content (AvgIpc) is 2.81. The highest BCUT2D eigenvalue weighted by atomic mass is 32.1. The van der Waals surface area contributed by atoms with E-state index in [9.17, 15) is 14.0 Å². The summed E-state index contributed by atoms with van der Waals surface area (Å²) >= 11 is 1.08. The van der Waals surface area contributed by atoms with Gasteiger partial charge in [0.25, 0.3) is 0 Å². The van der Waals surface area contributed by atoms with Crippen molar-refractivity contribution in [3.63, 3.8) is 0 Å². The Bertz CT molecular complexity index is 694. The topological polar surface area (TPSA) is 51.5 Å². The van der Waals surface area contributed by atoms with Crippen LogP contribution in [0.3, 0.4) is 0 Å². The lowest BCUT2D eigenvalue weighted by atomic mass is 10.3. The Morgan fingerprint density at radius 1 is 1.36 bits per heavy atom. The van der Waals surface area contributed by atoms with Gasteiger partial charge in [-0.15, -0.1) is 0 Å². The van der Waals surface area contributed by atoms with Crippen LogP contribution in [0.15, 0.2) is 34.4 Å². The molecule has 1 heterocycles. The molecule has 1 aromatic carbocycles. The van der Waals surface area contributed by atoms with Crippen LogP contribution in [0, 0.1) is 12.7 Å². The lowest BCUT2D eigenvalue weighted by molar-refractivity contribution is -0.130. The number of thiazole rings is 1. The van der Waals surface area contributed by atoms with E-state index in [1.807, 2.05) is 0 Å². The van der Waals surface area contributed by atoms with E-state index >= 15 is 0 Å². The number of ether oxygens (including phenoxy) is 1. The van der Waals surface area contributed by atoms with Gasteiger partial charge in [-0.1, -0.05) is 11.3 Å². The van der Waals surface area contributed by atoms with Crippen molar-refractivity contribution in [3.05, 3.63) is 50.8 Å². The van der Waals surface area contributed by atoms with Crippen LogP contribution in [0.5, 0.6) is 5.75 Å². The average molecular weight is 324 g/mol. The van der Waals surface area contributed by atoms with Crippen molar-refractivity contribution in [3.8, 4) is 5.75 Å². The molecular formula is C15H17FN2O3S. The third kappa shape index (κ3) is 4.17. The molecule has 0 atom stereocenters. The number of amides is 1. The molecular weight excluding hydrogens is 307 g/mol. The Labute approximate surface area is 131 Å². The number of carbonyl (C=O) groups is 1. The first-order valence-corrected chi connectivity index (χ1v) is 7.62. The van der Waals surface area contributed by atoms with Crippen LogP contribution in [0.2, 0.25) is 0 Å². The van der Waals surface area contributed by atoms with Gasteiger partial charge in [0.05, 0.1) is 6.54 Å². The molecule has 1 aromatic heterocycles. The molecule has 0 aliphatic carbocycles. The van der Waals surface area contributed by atoms with Crippen LogP contribution in [0.4, 0.5) is 4.39 Å². The van der Waals surface area contributed by atoms with Gasteiger partial charge in [-0.05, 0) is 31.2 Å². The van der Waals surface area contributed by atoms with Crippen LogP contribution in [-0.4, -0.2) is 35.6 Å². The molecule has 7 heteroatoms. The lowest BCUT2D eigenvalue weighted by Gasteiger charge is -2.18. The van der Waals surface area contributed by atoms with E-state index in [1.165, 1.54) is 33.7 Å². The van der Waals surface area contributed by atoms with Crippen molar-refractivity contribution in [2.75, 3.05) is 20.2 Å². The van der Waals surface area contributed by atoms with Crippen LogP contribution in [0.25, 0.3) is 0 Å². The van der Waals surface area contributed by atoms with Gasteiger partial charge in [-0.2, -0.15) is 0 Å². The number of benzene rings is 1. The molecule has 0 radical (unpaired) electrons. The lowest BCUT2D eigenvalue weighted by Crippen LogP contribution is -2.35. The molecule has 0 aliphatic heterocycles. The molecule has 2 aromatic rings. The number of nitrogens with zero attached hydrogens (tertiary/aromatic N) is 2. The first-order chi connectivity index (χ1) is 10.5. The highest BCUT2D eigenvalue weighted by Crippen LogP contribution is 2.10. The van der Waals surface area contributed by atoms with Crippen LogP contribution in [-0.2, 0) is 11.3 Å². The Balaban J connectivity index is 1.81. The third-order valence-electron chi connectivity index (χ3n) is 3.20. The highest BCUT2D eigenvalue weighted by molar-refractivity contribution is 7.07. The molecule has 118 valence electrons. The van der Waals surface area contributed by atoms with Crippen molar-refractivity contribution in [2.45, 2.75) is 13.5 Å². The molecule has 0 saturated carbocycles. The molecule has 2 rings (SSSR count). The largest absolute Gasteiger partial charge is 0.492 e. The zero-order valence-corrected chi connectivity index (χ0v) is 13.2. The minimum atomic E-state index is -0.323. The maximum atomic E-state index is 12.8. The van der Waals surface area contributed by atoms with E-state index in [1.54, 1.807) is 19.4 Å². The van der Waals surface area contributed by atoms with Gasteiger partial charge >= 0.3 is 4.87 Å².